The van der Waals surface area contributed by atoms with Crippen LogP contribution in [0, 0.1) is 6.92 Å². The molecule has 1 aromatic carbocycles. The summed E-state index contributed by atoms with van der Waals surface area (Å²) < 4.78 is 1.58. The minimum absolute atomic E-state index is 0.148. The molecular weight excluding hydrogens is 294 g/mol. The highest BCUT2D eigenvalue weighted by molar-refractivity contribution is 9.08. The Balaban J connectivity index is 2.13. The van der Waals surface area contributed by atoms with Crippen molar-refractivity contribution in [2.45, 2.75) is 12.3 Å². The van der Waals surface area contributed by atoms with E-state index < -0.39 is 0 Å². The Hall–Kier alpha value is -1.62. The van der Waals surface area contributed by atoms with Gasteiger partial charge in [-0.3, -0.25) is 9.48 Å². The standard InChI is InChI=1S/C13H14BrN3O/c1-9-7-12(17(2)16-9)13(18)15-11-5-3-10(8-14)4-6-11/h3-7H,8H2,1-2H3,(H,15,18). The van der Waals surface area contributed by atoms with Crippen molar-refractivity contribution in [3.8, 4) is 0 Å². The third kappa shape index (κ3) is 2.79. The third-order valence-corrected chi connectivity index (χ3v) is 3.25. The molecule has 0 aliphatic carbocycles. The second kappa shape index (κ2) is 5.35. The van der Waals surface area contributed by atoms with E-state index in [9.17, 15) is 4.79 Å². The van der Waals surface area contributed by atoms with Crippen LogP contribution >= 0.6 is 15.9 Å². The summed E-state index contributed by atoms with van der Waals surface area (Å²) in [7, 11) is 1.76. The van der Waals surface area contributed by atoms with Gasteiger partial charge in [-0.25, -0.2) is 0 Å². The number of alkyl halides is 1. The van der Waals surface area contributed by atoms with Crippen molar-refractivity contribution in [2.24, 2.45) is 7.05 Å². The molecule has 0 atom stereocenters. The van der Waals surface area contributed by atoms with Crippen molar-refractivity contribution in [1.29, 1.82) is 0 Å². The van der Waals surface area contributed by atoms with E-state index in [1.165, 1.54) is 5.56 Å². The van der Waals surface area contributed by atoms with Gasteiger partial charge in [0.2, 0.25) is 0 Å². The van der Waals surface area contributed by atoms with Gasteiger partial charge >= 0.3 is 0 Å². The molecule has 0 radical (unpaired) electrons. The number of aryl methyl sites for hydroxylation is 2. The normalized spacial score (nSPS) is 10.4. The topological polar surface area (TPSA) is 46.9 Å². The van der Waals surface area contributed by atoms with Crippen LogP contribution in [-0.2, 0) is 12.4 Å². The van der Waals surface area contributed by atoms with Crippen LogP contribution in [0.25, 0.3) is 0 Å². The van der Waals surface area contributed by atoms with Gasteiger partial charge in [0, 0.05) is 18.1 Å². The van der Waals surface area contributed by atoms with Crippen molar-refractivity contribution in [3.05, 3.63) is 47.3 Å². The number of anilines is 1. The summed E-state index contributed by atoms with van der Waals surface area (Å²) in [6.07, 6.45) is 0. The molecule has 0 bridgehead atoms. The third-order valence-electron chi connectivity index (χ3n) is 2.60. The largest absolute Gasteiger partial charge is 0.321 e. The van der Waals surface area contributed by atoms with Gasteiger partial charge in [-0.05, 0) is 30.7 Å². The molecule has 0 aliphatic heterocycles. The number of rotatable bonds is 3. The number of amides is 1. The van der Waals surface area contributed by atoms with Crippen LogP contribution in [0.15, 0.2) is 30.3 Å². The average molecular weight is 308 g/mol. The molecule has 0 fully saturated rings. The lowest BCUT2D eigenvalue weighted by atomic mass is 10.2. The van der Waals surface area contributed by atoms with Crippen molar-refractivity contribution in [3.63, 3.8) is 0 Å². The maximum Gasteiger partial charge on any atom is 0.273 e. The molecule has 18 heavy (non-hydrogen) atoms. The predicted molar refractivity (Wildman–Crippen MR) is 75.0 cm³/mol. The summed E-state index contributed by atoms with van der Waals surface area (Å²) in [6, 6.07) is 9.48. The molecule has 2 rings (SSSR count). The van der Waals surface area contributed by atoms with Crippen LogP contribution in [-0.4, -0.2) is 15.7 Å². The number of nitrogens with one attached hydrogen (secondary N) is 1. The molecule has 0 saturated heterocycles. The highest BCUT2D eigenvalue weighted by Gasteiger charge is 2.11. The Bertz CT molecular complexity index is 560. The summed E-state index contributed by atoms with van der Waals surface area (Å²) in [4.78, 5) is 12.0. The number of carbonyl (C=O) groups excluding carboxylic acids is 1. The number of benzene rings is 1. The Morgan fingerprint density at radius 3 is 2.56 bits per heavy atom. The fourth-order valence-corrected chi connectivity index (χ4v) is 2.07. The van der Waals surface area contributed by atoms with E-state index in [1.807, 2.05) is 31.2 Å². The van der Waals surface area contributed by atoms with Crippen LogP contribution in [0.3, 0.4) is 0 Å². The van der Waals surface area contributed by atoms with E-state index in [2.05, 4.69) is 26.3 Å². The molecule has 1 heterocycles. The molecule has 0 aliphatic rings. The van der Waals surface area contributed by atoms with E-state index in [1.54, 1.807) is 17.8 Å². The Morgan fingerprint density at radius 2 is 2.06 bits per heavy atom. The zero-order chi connectivity index (χ0) is 13.1. The minimum Gasteiger partial charge on any atom is -0.321 e. The smallest absolute Gasteiger partial charge is 0.273 e. The maximum absolute atomic E-state index is 12.0. The zero-order valence-electron chi connectivity index (χ0n) is 10.3. The number of aromatic nitrogens is 2. The molecule has 1 amide bonds. The van der Waals surface area contributed by atoms with Crippen molar-refractivity contribution >= 4 is 27.5 Å². The Labute approximate surface area is 114 Å². The molecule has 1 N–H and O–H groups in total. The first kappa shape index (κ1) is 12.8. The minimum atomic E-state index is -0.148. The lowest BCUT2D eigenvalue weighted by Crippen LogP contribution is -2.15. The average Bonchev–Trinajstić information content (AvgIpc) is 2.69. The summed E-state index contributed by atoms with van der Waals surface area (Å²) >= 11 is 3.38. The van der Waals surface area contributed by atoms with E-state index in [0.29, 0.717) is 5.69 Å². The first-order chi connectivity index (χ1) is 8.60. The van der Waals surface area contributed by atoms with Gasteiger partial charge in [-0.1, -0.05) is 28.1 Å². The van der Waals surface area contributed by atoms with Crippen LogP contribution in [0.2, 0.25) is 0 Å². The lowest BCUT2D eigenvalue weighted by Gasteiger charge is -2.05. The Kier molecular flexibility index (Phi) is 3.81. The summed E-state index contributed by atoms with van der Waals surface area (Å²) in [5.41, 5.74) is 3.34. The van der Waals surface area contributed by atoms with E-state index >= 15 is 0 Å². The highest BCUT2D eigenvalue weighted by Crippen LogP contribution is 2.13. The molecule has 94 valence electrons. The molecule has 0 saturated carbocycles. The molecule has 1 aromatic heterocycles. The second-order valence-corrected chi connectivity index (χ2v) is 4.64. The molecule has 5 heteroatoms. The van der Waals surface area contributed by atoms with Gasteiger partial charge in [0.05, 0.1) is 5.69 Å². The lowest BCUT2D eigenvalue weighted by molar-refractivity contribution is 0.101. The highest BCUT2D eigenvalue weighted by atomic mass is 79.9. The predicted octanol–water partition coefficient (Wildman–Crippen LogP) is 2.88. The summed E-state index contributed by atoms with van der Waals surface area (Å²) in [5.74, 6) is -0.148. The quantitative estimate of drug-likeness (QED) is 0.886. The maximum atomic E-state index is 12.0. The zero-order valence-corrected chi connectivity index (χ0v) is 11.9. The summed E-state index contributed by atoms with van der Waals surface area (Å²) in [6.45, 7) is 1.86. The molecule has 0 unspecified atom stereocenters. The Morgan fingerprint density at radius 1 is 1.39 bits per heavy atom. The fourth-order valence-electron chi connectivity index (χ4n) is 1.70. The molecule has 0 spiro atoms. The van der Waals surface area contributed by atoms with Gasteiger partial charge in [-0.15, -0.1) is 0 Å². The second-order valence-electron chi connectivity index (χ2n) is 4.08. The van der Waals surface area contributed by atoms with Gasteiger partial charge in [-0.2, -0.15) is 5.10 Å². The number of hydrogen-bond acceptors (Lipinski definition) is 2. The first-order valence-electron chi connectivity index (χ1n) is 5.57. The van der Waals surface area contributed by atoms with E-state index in [-0.39, 0.29) is 5.91 Å². The number of hydrogen-bond donors (Lipinski definition) is 1. The monoisotopic (exact) mass is 307 g/mol. The van der Waals surface area contributed by atoms with E-state index in [0.717, 1.165) is 16.7 Å². The first-order valence-corrected chi connectivity index (χ1v) is 6.69. The van der Waals surface area contributed by atoms with Crippen LogP contribution in [0.1, 0.15) is 21.7 Å². The van der Waals surface area contributed by atoms with Crippen molar-refractivity contribution < 1.29 is 4.79 Å². The van der Waals surface area contributed by atoms with Crippen LogP contribution < -0.4 is 5.32 Å². The van der Waals surface area contributed by atoms with Gasteiger partial charge in [0.15, 0.2) is 0 Å². The van der Waals surface area contributed by atoms with Crippen LogP contribution in [0.5, 0.6) is 0 Å². The van der Waals surface area contributed by atoms with Gasteiger partial charge in [0.1, 0.15) is 5.69 Å². The SMILES string of the molecule is Cc1cc(C(=O)Nc2ccc(CBr)cc2)n(C)n1. The molecule has 2 aromatic rings. The number of halogens is 1. The molecule has 4 nitrogen and oxygen atoms in total. The molecular formula is C13H14BrN3O. The van der Waals surface area contributed by atoms with Crippen molar-refractivity contribution in [1.82, 2.24) is 9.78 Å². The van der Waals surface area contributed by atoms with E-state index in [4.69, 9.17) is 0 Å². The fraction of sp³-hybridized carbons (Fsp3) is 0.231. The summed E-state index contributed by atoms with van der Waals surface area (Å²) in [5, 5.41) is 7.81. The van der Waals surface area contributed by atoms with Crippen molar-refractivity contribution in [2.75, 3.05) is 5.32 Å². The van der Waals surface area contributed by atoms with Gasteiger partial charge in [0.25, 0.3) is 5.91 Å². The van der Waals surface area contributed by atoms with Crippen LogP contribution in [0.4, 0.5) is 5.69 Å². The number of nitrogens with zero attached hydrogens (tertiary/aromatic N) is 2. The number of carbonyl (C=O) groups is 1. The van der Waals surface area contributed by atoms with Gasteiger partial charge < -0.3 is 5.32 Å².